The molecule has 0 spiro atoms. The Morgan fingerprint density at radius 2 is 0.932 bits per heavy atom. The molecule has 0 aromatic heterocycles. The fourth-order valence-electron chi connectivity index (χ4n) is 10.5. The van der Waals surface area contributed by atoms with Gasteiger partial charge in [0.05, 0.1) is 35.4 Å². The lowest BCUT2D eigenvalue weighted by atomic mass is 10.1. The monoisotopic (exact) mass is 1030 g/mol. The number of anilines is 4. The van der Waals surface area contributed by atoms with Gasteiger partial charge >= 0.3 is 0 Å². The molecular weight excluding hydrogens is 958 g/mol. The van der Waals surface area contributed by atoms with Gasteiger partial charge in [0, 0.05) is 122 Å². The van der Waals surface area contributed by atoms with Crippen molar-refractivity contribution < 1.29 is 33.5 Å². The number of hydrogen-bond donors (Lipinski definition) is 0. The lowest BCUT2D eigenvalue weighted by Crippen LogP contribution is -2.51. The molecule has 6 heterocycles. The molecule has 6 aliphatic rings. The van der Waals surface area contributed by atoms with E-state index in [1.807, 2.05) is 79.4 Å². The van der Waals surface area contributed by atoms with Crippen LogP contribution in [0.4, 0.5) is 22.7 Å². The number of piperazine rings is 3. The number of carbonyl (C=O) groups is 2. The van der Waals surface area contributed by atoms with Gasteiger partial charge in [0.15, 0.2) is 0 Å². The number of amides is 2. The Morgan fingerprint density at radius 1 is 0.527 bits per heavy atom. The summed E-state index contributed by atoms with van der Waals surface area (Å²) in [5.41, 5.74) is 6.47. The number of nitrogens with zero attached hydrogens (tertiary/aromatic N) is 9. The minimum Gasteiger partial charge on any atom is -0.489 e. The summed E-state index contributed by atoms with van der Waals surface area (Å²) in [6, 6.07) is 30.3. The Morgan fingerprint density at radius 3 is 1.36 bits per heavy atom. The molecule has 2 unspecified atom stereocenters. The van der Waals surface area contributed by atoms with Crippen molar-refractivity contribution in [1.29, 1.82) is 0 Å². The number of oxime groups is 2. The zero-order chi connectivity index (χ0) is 51.7. The Kier molecular flexibility index (Phi) is 17.4. The highest BCUT2D eigenvalue weighted by Gasteiger charge is 2.36. The van der Waals surface area contributed by atoms with Crippen molar-refractivity contribution in [3.63, 3.8) is 0 Å². The molecule has 0 radical (unpaired) electrons. The van der Waals surface area contributed by atoms with Crippen LogP contribution in [0.25, 0.3) is 0 Å². The van der Waals surface area contributed by atoms with Crippen LogP contribution in [0.3, 0.4) is 0 Å². The molecule has 4 aromatic rings. The second-order valence-corrected chi connectivity index (χ2v) is 21.1. The minimum atomic E-state index is -0.0886. The van der Waals surface area contributed by atoms with E-state index >= 15 is 0 Å². The van der Waals surface area contributed by atoms with E-state index in [1.54, 1.807) is 4.90 Å². The van der Waals surface area contributed by atoms with Gasteiger partial charge in [0.1, 0.15) is 40.9 Å². The van der Waals surface area contributed by atoms with Gasteiger partial charge in [-0.3, -0.25) is 19.4 Å². The molecule has 0 aliphatic carbocycles. The van der Waals surface area contributed by atoms with Crippen molar-refractivity contribution in [2.45, 2.75) is 91.3 Å². The summed E-state index contributed by atoms with van der Waals surface area (Å²) in [5, 5.41) is 9.09. The van der Waals surface area contributed by atoms with Gasteiger partial charge in [-0.25, -0.2) is 0 Å². The molecule has 0 saturated carbocycles. The molecule has 4 aromatic carbocycles. The molecule has 3 fully saturated rings. The maximum atomic E-state index is 13.2. The van der Waals surface area contributed by atoms with Crippen LogP contribution in [-0.2, 0) is 25.7 Å². The lowest BCUT2D eigenvalue weighted by Gasteiger charge is -2.37. The highest BCUT2D eigenvalue weighted by Crippen LogP contribution is 2.34. The number of carbonyl (C=O) groups excluding carboxylic acids is 2. The summed E-state index contributed by atoms with van der Waals surface area (Å²) in [7, 11) is 0. The standard InChI is InChI=1S/C31H43N5O4.C26H31ClN4O3/c1-23(2)38-29-11-7-5-9-27(29)34-15-13-33(14-16-34)22-25-21-26(32-40-25)31(37)36-19-17-35(18-20-36)28-10-6-8-12-30(28)39-24(3)4;1-18(2)33-25-6-4-3-5-24(25)30-13-11-29(12-14-30)17-21-16-22(28-34-21)26(32)31-10-9-19-15-20(27)7-8-23(19)31/h5-12,23-25H,13-22H2,1-4H3;3-8,15,18,21H,9-14,16-17H2,1-2H3. The number of rotatable bonds is 15. The van der Waals surface area contributed by atoms with Crippen LogP contribution in [0.15, 0.2) is 101 Å². The molecular formula is C57H74ClN9O7. The SMILES string of the molecule is CC(C)Oc1ccccc1N1CCN(CC2CC(C(=O)N3CCN(c4ccccc4OC(C)C)CC3)=NO2)CC1.CC(C)Oc1ccccc1N1CCN(CC2CC(C(=O)N3CCc4cc(Cl)ccc43)=NO2)CC1. The van der Waals surface area contributed by atoms with Crippen molar-refractivity contribution in [2.24, 2.45) is 10.3 Å². The number of halogens is 1. The van der Waals surface area contributed by atoms with Crippen molar-refractivity contribution in [3.8, 4) is 17.2 Å². The summed E-state index contributed by atoms with van der Waals surface area (Å²) < 4.78 is 18.0. The summed E-state index contributed by atoms with van der Waals surface area (Å²) >= 11 is 6.10. The van der Waals surface area contributed by atoms with E-state index in [-0.39, 0.29) is 42.3 Å². The third-order valence-corrected chi connectivity index (χ3v) is 14.3. The van der Waals surface area contributed by atoms with Gasteiger partial charge in [-0.2, -0.15) is 0 Å². The van der Waals surface area contributed by atoms with Crippen LogP contribution in [0.2, 0.25) is 5.02 Å². The first-order valence-corrected chi connectivity index (χ1v) is 27.0. The first kappa shape index (κ1) is 52.6. The average molecular weight is 1030 g/mol. The highest BCUT2D eigenvalue weighted by atomic mass is 35.5. The third kappa shape index (κ3) is 13.2. The first-order chi connectivity index (χ1) is 35.8. The molecule has 17 heteroatoms. The summed E-state index contributed by atoms with van der Waals surface area (Å²) in [4.78, 5) is 53.3. The second-order valence-electron chi connectivity index (χ2n) is 20.7. The topological polar surface area (TPSA) is 128 Å². The maximum Gasteiger partial charge on any atom is 0.276 e. The highest BCUT2D eigenvalue weighted by molar-refractivity contribution is 6.44. The quantitative estimate of drug-likeness (QED) is 0.115. The number of ether oxygens (including phenoxy) is 3. The lowest BCUT2D eigenvalue weighted by molar-refractivity contribution is -0.124. The van der Waals surface area contributed by atoms with Gasteiger partial charge < -0.3 is 48.4 Å². The van der Waals surface area contributed by atoms with Crippen molar-refractivity contribution in [1.82, 2.24) is 14.7 Å². The number of para-hydroxylation sites is 6. The zero-order valence-electron chi connectivity index (χ0n) is 44.0. The smallest absolute Gasteiger partial charge is 0.276 e. The van der Waals surface area contributed by atoms with E-state index in [0.29, 0.717) is 48.9 Å². The molecule has 396 valence electrons. The predicted molar refractivity (Wildman–Crippen MR) is 294 cm³/mol. The number of benzene rings is 4. The molecule has 2 amide bonds. The molecule has 2 atom stereocenters. The third-order valence-electron chi connectivity index (χ3n) is 14.1. The van der Waals surface area contributed by atoms with E-state index in [1.165, 1.54) is 0 Å². The van der Waals surface area contributed by atoms with E-state index < -0.39 is 0 Å². The molecule has 10 rings (SSSR count). The molecule has 0 bridgehead atoms. The van der Waals surface area contributed by atoms with Crippen LogP contribution >= 0.6 is 11.6 Å². The van der Waals surface area contributed by atoms with Crippen LogP contribution in [-0.4, -0.2) is 167 Å². The van der Waals surface area contributed by atoms with Gasteiger partial charge in [0.25, 0.3) is 11.8 Å². The second kappa shape index (κ2) is 24.4. The average Bonchev–Trinajstić information content (AvgIpc) is 4.18. The van der Waals surface area contributed by atoms with E-state index in [0.717, 1.165) is 131 Å². The first-order valence-electron chi connectivity index (χ1n) is 26.7. The Labute approximate surface area is 442 Å². The van der Waals surface area contributed by atoms with Gasteiger partial charge in [-0.1, -0.05) is 58.3 Å². The van der Waals surface area contributed by atoms with Crippen molar-refractivity contribution in [2.75, 3.05) is 118 Å². The van der Waals surface area contributed by atoms with Gasteiger partial charge in [-0.05, 0) is 108 Å². The number of fused-ring (bicyclic) bond motifs is 1. The largest absolute Gasteiger partial charge is 0.489 e. The van der Waals surface area contributed by atoms with Crippen LogP contribution in [0.1, 0.15) is 59.9 Å². The van der Waals surface area contributed by atoms with E-state index in [2.05, 4.69) is 92.8 Å². The normalized spacial score (nSPS) is 20.2. The van der Waals surface area contributed by atoms with E-state index in [4.69, 9.17) is 35.5 Å². The fourth-order valence-corrected chi connectivity index (χ4v) is 10.7. The van der Waals surface area contributed by atoms with Gasteiger partial charge in [-0.15, -0.1) is 0 Å². The van der Waals surface area contributed by atoms with Crippen LogP contribution in [0.5, 0.6) is 17.2 Å². The summed E-state index contributed by atoms with van der Waals surface area (Å²) in [6.45, 7) is 24.7. The Balaban J connectivity index is 0.000000184. The Bertz CT molecular complexity index is 2610. The molecule has 16 nitrogen and oxygen atoms in total. The van der Waals surface area contributed by atoms with E-state index in [9.17, 15) is 9.59 Å². The summed E-state index contributed by atoms with van der Waals surface area (Å²) in [6.07, 6.45) is 2.16. The zero-order valence-corrected chi connectivity index (χ0v) is 44.8. The predicted octanol–water partition coefficient (Wildman–Crippen LogP) is 7.86. The molecule has 0 N–H and O–H groups in total. The maximum absolute atomic E-state index is 13.2. The summed E-state index contributed by atoms with van der Waals surface area (Å²) in [5.74, 6) is 2.71. The molecule has 3 saturated heterocycles. The van der Waals surface area contributed by atoms with Crippen LogP contribution in [0, 0.1) is 0 Å². The van der Waals surface area contributed by atoms with Gasteiger partial charge in [0.2, 0.25) is 0 Å². The Hall–Kier alpha value is -6.23. The molecule has 6 aliphatic heterocycles. The minimum absolute atomic E-state index is 0.000411. The molecule has 74 heavy (non-hydrogen) atoms. The van der Waals surface area contributed by atoms with Crippen LogP contribution < -0.4 is 33.8 Å². The van der Waals surface area contributed by atoms with Crippen molar-refractivity contribution in [3.05, 3.63) is 102 Å². The fraction of sp³-hybridized carbons (Fsp3) is 0.509. The van der Waals surface area contributed by atoms with Crippen molar-refractivity contribution >= 4 is 57.6 Å². The number of hydrogen-bond acceptors (Lipinski definition) is 14.